The van der Waals surface area contributed by atoms with Crippen molar-refractivity contribution in [3.8, 4) is 0 Å². The monoisotopic (exact) mass is 1090 g/mol. The number of rotatable bonds is 29. The Balaban J connectivity index is 1.59. The number of hydrogen-bond donors (Lipinski definition) is 12. The van der Waals surface area contributed by atoms with Crippen LogP contribution in [0, 0.1) is 5.92 Å². The van der Waals surface area contributed by atoms with Crippen LogP contribution < -0.4 is 10.6 Å². The van der Waals surface area contributed by atoms with Crippen molar-refractivity contribution in [3.63, 3.8) is 0 Å². The number of phosphoric acid groups is 2. The van der Waals surface area contributed by atoms with Crippen LogP contribution in [-0.2, 0) is 55.8 Å². The Morgan fingerprint density at radius 3 is 1.48 bits per heavy atom. The Morgan fingerprint density at radius 1 is 0.562 bits per heavy atom. The highest BCUT2D eigenvalue weighted by Crippen LogP contribution is 2.61. The molecule has 24 nitrogen and oxygen atoms in total. The second-order valence-corrected chi connectivity index (χ2v) is 22.3. The fraction of sp³-hybridized carbons (Fsp3) is 0.787. The van der Waals surface area contributed by atoms with Crippen molar-refractivity contribution in [2.75, 3.05) is 26.4 Å². The molecule has 26 heteroatoms. The molecule has 0 radical (unpaired) electrons. The molecular weight excluding hydrogens is 1010 g/mol. The Kier molecular flexibility index (Phi) is 27.7. The quantitative estimate of drug-likeness (QED) is 0.0376. The molecule has 3 rings (SSSR count). The number of hydrogen-bond acceptors (Lipinski definition) is 20. The largest absolute Gasteiger partial charge is 0.483 e. The maximum atomic E-state index is 13.2. The molecule has 3 saturated heterocycles. The molecule has 0 aromatic heterocycles. The minimum absolute atomic E-state index is 0.0135. The number of carbonyl (C=O) groups is 2. The highest BCUT2D eigenvalue weighted by Gasteiger charge is 2.55. The van der Waals surface area contributed by atoms with Crippen LogP contribution in [0.15, 0.2) is 46.6 Å². The molecule has 0 aromatic rings. The molecule has 3 aliphatic rings. The first-order valence-electron chi connectivity index (χ1n) is 24.6. The molecule has 18 atom stereocenters. The van der Waals surface area contributed by atoms with Gasteiger partial charge in [0, 0.05) is 13.8 Å². The number of amides is 2. The van der Waals surface area contributed by atoms with Crippen molar-refractivity contribution in [3.05, 3.63) is 46.6 Å². The van der Waals surface area contributed by atoms with Gasteiger partial charge in [0.2, 0.25) is 11.8 Å². The van der Waals surface area contributed by atoms with Gasteiger partial charge in [0.15, 0.2) is 18.9 Å². The molecule has 0 spiro atoms. The van der Waals surface area contributed by atoms with Gasteiger partial charge < -0.3 is 85.0 Å². The van der Waals surface area contributed by atoms with E-state index in [0.717, 1.165) is 65.2 Å². The van der Waals surface area contributed by atoms with E-state index in [1.807, 2.05) is 6.92 Å². The molecule has 0 saturated carbocycles. The molecule has 0 aromatic carbocycles. The van der Waals surface area contributed by atoms with Gasteiger partial charge in [-0.3, -0.25) is 18.6 Å². The first kappa shape index (κ1) is 64.9. The fourth-order valence-corrected chi connectivity index (χ4v) is 10.5. The second kappa shape index (κ2) is 31.1. The van der Waals surface area contributed by atoms with Gasteiger partial charge in [-0.05, 0) is 98.3 Å². The number of aliphatic hydroxyl groups is 8. The molecule has 3 heterocycles. The average Bonchev–Trinajstić information content (AvgIpc) is 3.29. The molecule has 0 bridgehead atoms. The summed E-state index contributed by atoms with van der Waals surface area (Å²) in [5, 5.41) is 89.0. The van der Waals surface area contributed by atoms with Gasteiger partial charge in [-0.2, -0.15) is 4.31 Å². The molecule has 12 N–H and O–H groups in total. The fourth-order valence-electron chi connectivity index (χ4n) is 8.36. The lowest BCUT2D eigenvalue weighted by atomic mass is 9.94. The molecule has 73 heavy (non-hydrogen) atoms. The van der Waals surface area contributed by atoms with E-state index < -0.39 is 139 Å². The predicted molar refractivity (Wildman–Crippen MR) is 261 cm³/mol. The predicted octanol–water partition coefficient (Wildman–Crippen LogP) is 1.93. The van der Waals surface area contributed by atoms with Crippen molar-refractivity contribution in [1.29, 1.82) is 0 Å². The maximum absolute atomic E-state index is 13.2. The summed E-state index contributed by atoms with van der Waals surface area (Å²) >= 11 is 0. The number of aliphatic hydroxyl groups excluding tert-OH is 8. The summed E-state index contributed by atoms with van der Waals surface area (Å²) < 4.78 is 69.1. The van der Waals surface area contributed by atoms with E-state index in [4.69, 9.17) is 32.7 Å². The van der Waals surface area contributed by atoms with Crippen molar-refractivity contribution in [2.45, 2.75) is 205 Å². The normalized spacial score (nSPS) is 33.6. The molecule has 2 amide bonds. The van der Waals surface area contributed by atoms with Crippen LogP contribution in [0.3, 0.4) is 0 Å². The van der Waals surface area contributed by atoms with Crippen LogP contribution in [0.25, 0.3) is 0 Å². The summed E-state index contributed by atoms with van der Waals surface area (Å²) in [7, 11) is -11.0. The zero-order valence-electron chi connectivity index (χ0n) is 43.0. The van der Waals surface area contributed by atoms with Crippen LogP contribution in [0.5, 0.6) is 0 Å². The van der Waals surface area contributed by atoms with Gasteiger partial charge in [-0.15, -0.1) is 0 Å². The Labute approximate surface area is 427 Å². The summed E-state index contributed by atoms with van der Waals surface area (Å²) in [6.45, 7) is 11.4. The third-order valence-corrected chi connectivity index (χ3v) is 15.1. The maximum Gasteiger partial charge on any atom is 0.483 e. The minimum Gasteiger partial charge on any atom is -0.394 e. The lowest BCUT2D eigenvalue weighted by Gasteiger charge is -2.49. The van der Waals surface area contributed by atoms with Gasteiger partial charge in [0.05, 0.1) is 26.4 Å². The zero-order chi connectivity index (χ0) is 54.8. The van der Waals surface area contributed by atoms with Gasteiger partial charge in [-0.1, -0.05) is 53.5 Å². The van der Waals surface area contributed by atoms with Crippen LogP contribution in [0.4, 0.5) is 0 Å². The van der Waals surface area contributed by atoms with E-state index in [0.29, 0.717) is 0 Å². The number of allylic oxidation sites excluding steroid dienone is 8. The molecule has 18 unspecified atom stereocenters. The Morgan fingerprint density at radius 2 is 1.00 bits per heavy atom. The lowest BCUT2D eigenvalue weighted by Crippen LogP contribution is -2.70. The summed E-state index contributed by atoms with van der Waals surface area (Å²) in [5.41, 5.74) is 5.33. The van der Waals surface area contributed by atoms with Gasteiger partial charge in [0.25, 0.3) is 0 Å². The van der Waals surface area contributed by atoms with Crippen molar-refractivity contribution in [1.82, 2.24) is 10.6 Å². The SMILES string of the molecule is CC(=O)NC1C(OC2C(CO)OC(OP(=O)(O)OP(=O)(O)OCCC(C)CCC=C(C)CCC=C(C)CCC=C(C)CCC=C(C)C)C(NC(C)=O)C2O)OC(CO)C(OC2OC(CO)C(O)C(O)C2O)C1O. The summed E-state index contributed by atoms with van der Waals surface area (Å²) in [4.78, 5) is 45.8. The zero-order valence-corrected chi connectivity index (χ0v) is 44.8. The molecule has 3 fully saturated rings. The topological polar surface area (TPSA) is 368 Å². The lowest BCUT2D eigenvalue weighted by molar-refractivity contribution is -0.360. The third-order valence-electron chi connectivity index (χ3n) is 12.5. The number of nitrogens with one attached hydrogen (secondary N) is 2. The minimum atomic E-state index is -5.68. The van der Waals surface area contributed by atoms with Crippen molar-refractivity contribution in [2.24, 2.45) is 5.92 Å². The molecule has 0 aliphatic carbocycles. The molecule has 3 aliphatic heterocycles. The third kappa shape index (κ3) is 21.5. The van der Waals surface area contributed by atoms with E-state index in [9.17, 15) is 69.4 Å². The van der Waals surface area contributed by atoms with Crippen LogP contribution in [0.1, 0.15) is 113 Å². The van der Waals surface area contributed by atoms with Crippen LogP contribution in [0.2, 0.25) is 0 Å². The summed E-state index contributed by atoms with van der Waals surface area (Å²) in [6, 6.07) is -3.52. The smallest absolute Gasteiger partial charge is 0.394 e. The van der Waals surface area contributed by atoms with Gasteiger partial charge in [-0.25, -0.2) is 9.13 Å². The van der Waals surface area contributed by atoms with E-state index in [1.54, 1.807) is 0 Å². The Hall–Kier alpha value is -2.36. The van der Waals surface area contributed by atoms with Gasteiger partial charge >= 0.3 is 15.6 Å². The Bertz CT molecular complexity index is 1950. The van der Waals surface area contributed by atoms with Gasteiger partial charge in [0.1, 0.15) is 73.1 Å². The second-order valence-electron chi connectivity index (χ2n) is 19.3. The number of carbonyl (C=O) groups excluding carboxylic acids is 2. The van der Waals surface area contributed by atoms with E-state index >= 15 is 0 Å². The highest BCUT2D eigenvalue weighted by atomic mass is 31.3. The molecular formula is C47H82N2O22P2. The average molecular weight is 1090 g/mol. The van der Waals surface area contributed by atoms with E-state index in [1.165, 1.54) is 22.3 Å². The number of ether oxygens (including phenoxy) is 5. The standard InChI is InChI=1S/C47H82N2O22P2/c1-26(2)13-9-14-27(3)15-10-16-28(4)17-11-18-29(5)19-12-20-30(6)21-22-64-72(60,61)71-73(62,63)70-46-37(49-32(8)54)40(57)43(35(25-52)67-46)68-45-36(48-31(7)53)39(56)44(34(24-51)66-45)69-47-42(59)41(58)38(55)33(23-50)65-47/h13,15,17,19,30,33-47,50-52,55-59H,9-12,14,16,18,20-25H2,1-8H3,(H,48,53)(H,49,54)(H,60,61)(H,62,63). The van der Waals surface area contributed by atoms with Crippen LogP contribution in [-0.4, -0.2) is 181 Å². The first-order valence-corrected chi connectivity index (χ1v) is 27.6. The number of phosphoric ester groups is 2. The highest BCUT2D eigenvalue weighted by molar-refractivity contribution is 7.61. The molecule has 422 valence electrons. The van der Waals surface area contributed by atoms with E-state index in [-0.39, 0.29) is 18.9 Å². The first-order chi connectivity index (χ1) is 34.2. The summed E-state index contributed by atoms with van der Waals surface area (Å²) in [5.74, 6) is -1.63. The van der Waals surface area contributed by atoms with Crippen molar-refractivity contribution < 1.29 is 106 Å². The summed E-state index contributed by atoms with van der Waals surface area (Å²) in [6.07, 6.45) is -6.95. The van der Waals surface area contributed by atoms with E-state index in [2.05, 4.69) is 73.9 Å². The van der Waals surface area contributed by atoms with Crippen molar-refractivity contribution >= 4 is 27.5 Å². The van der Waals surface area contributed by atoms with Crippen LogP contribution >= 0.6 is 15.6 Å².